The van der Waals surface area contributed by atoms with Crippen LogP contribution < -0.4 is 10.5 Å². The molecular formula is C15H12BrN3O. The van der Waals surface area contributed by atoms with E-state index in [9.17, 15) is 0 Å². The molecule has 0 saturated carbocycles. The highest BCUT2D eigenvalue weighted by atomic mass is 79.9. The zero-order valence-corrected chi connectivity index (χ0v) is 12.4. The van der Waals surface area contributed by atoms with Gasteiger partial charge in [-0.3, -0.25) is 9.97 Å². The van der Waals surface area contributed by atoms with Gasteiger partial charge in [0.15, 0.2) is 5.75 Å². The first-order chi connectivity index (χ1) is 9.63. The molecule has 4 nitrogen and oxygen atoms in total. The number of anilines is 1. The summed E-state index contributed by atoms with van der Waals surface area (Å²) in [6, 6.07) is 9.34. The van der Waals surface area contributed by atoms with Crippen LogP contribution in [-0.4, -0.2) is 9.97 Å². The first-order valence-corrected chi connectivity index (χ1v) is 6.87. The lowest BCUT2D eigenvalue weighted by Crippen LogP contribution is -1.93. The highest BCUT2D eigenvalue weighted by Gasteiger charge is 2.08. The van der Waals surface area contributed by atoms with E-state index < -0.39 is 0 Å². The van der Waals surface area contributed by atoms with Gasteiger partial charge in [0.05, 0.1) is 6.20 Å². The second-order valence-electron chi connectivity index (χ2n) is 4.44. The molecule has 100 valence electrons. The maximum Gasteiger partial charge on any atom is 0.153 e. The molecule has 3 rings (SSSR count). The average molecular weight is 330 g/mol. The molecule has 2 aromatic heterocycles. The van der Waals surface area contributed by atoms with Gasteiger partial charge in [0.2, 0.25) is 0 Å². The number of halogens is 1. The lowest BCUT2D eigenvalue weighted by molar-refractivity contribution is 0.484. The van der Waals surface area contributed by atoms with E-state index in [1.165, 1.54) is 0 Å². The normalized spacial score (nSPS) is 10.7. The van der Waals surface area contributed by atoms with Crippen LogP contribution in [0, 0.1) is 6.92 Å². The van der Waals surface area contributed by atoms with Crippen LogP contribution in [0.15, 0.2) is 47.2 Å². The molecule has 2 heterocycles. The Balaban J connectivity index is 2.08. The van der Waals surface area contributed by atoms with E-state index in [4.69, 9.17) is 10.5 Å². The summed E-state index contributed by atoms with van der Waals surface area (Å²) in [6.45, 7) is 1.93. The highest BCUT2D eigenvalue weighted by molar-refractivity contribution is 9.10. The summed E-state index contributed by atoms with van der Waals surface area (Å²) in [5.74, 6) is 1.33. The molecule has 0 aliphatic heterocycles. The summed E-state index contributed by atoms with van der Waals surface area (Å²) in [7, 11) is 0. The Kier molecular flexibility index (Phi) is 3.28. The minimum Gasteiger partial charge on any atom is -0.453 e. The van der Waals surface area contributed by atoms with Crippen LogP contribution in [0.3, 0.4) is 0 Å². The van der Waals surface area contributed by atoms with Crippen LogP contribution in [0.2, 0.25) is 0 Å². The van der Waals surface area contributed by atoms with Gasteiger partial charge in [-0.15, -0.1) is 0 Å². The third-order valence-corrected chi connectivity index (χ3v) is 3.36. The Hall–Kier alpha value is -2.14. The zero-order chi connectivity index (χ0) is 14.1. The first-order valence-electron chi connectivity index (χ1n) is 6.08. The molecule has 1 aromatic carbocycles. The van der Waals surface area contributed by atoms with Crippen LogP contribution >= 0.6 is 15.9 Å². The summed E-state index contributed by atoms with van der Waals surface area (Å²) in [6.07, 6.45) is 3.42. The van der Waals surface area contributed by atoms with Gasteiger partial charge in [0.25, 0.3) is 0 Å². The SMILES string of the molecule is Cc1ccc(Oc2ccc(N)c3cc(Br)cnc23)cn1. The second kappa shape index (κ2) is 5.09. The van der Waals surface area contributed by atoms with E-state index in [0.29, 0.717) is 17.2 Å². The van der Waals surface area contributed by atoms with Crippen molar-refractivity contribution in [2.24, 2.45) is 0 Å². The molecular weight excluding hydrogens is 318 g/mol. The molecule has 0 spiro atoms. The monoisotopic (exact) mass is 329 g/mol. The van der Waals surface area contributed by atoms with Gasteiger partial charge in [-0.2, -0.15) is 0 Å². The third-order valence-electron chi connectivity index (χ3n) is 2.93. The number of pyridine rings is 2. The number of nitrogen functional groups attached to an aromatic ring is 1. The number of aryl methyl sites for hydroxylation is 1. The Morgan fingerprint density at radius 3 is 2.70 bits per heavy atom. The number of aromatic nitrogens is 2. The molecule has 0 bridgehead atoms. The van der Waals surface area contributed by atoms with Crippen molar-refractivity contribution >= 4 is 32.5 Å². The van der Waals surface area contributed by atoms with E-state index in [2.05, 4.69) is 25.9 Å². The topological polar surface area (TPSA) is 61.0 Å². The molecule has 20 heavy (non-hydrogen) atoms. The maximum atomic E-state index is 5.98. The van der Waals surface area contributed by atoms with E-state index in [1.807, 2.05) is 37.3 Å². The van der Waals surface area contributed by atoms with Gasteiger partial charge in [-0.25, -0.2) is 0 Å². The van der Waals surface area contributed by atoms with E-state index in [1.54, 1.807) is 12.4 Å². The van der Waals surface area contributed by atoms with Crippen molar-refractivity contribution in [1.82, 2.24) is 9.97 Å². The molecule has 0 unspecified atom stereocenters. The fraction of sp³-hybridized carbons (Fsp3) is 0.0667. The molecule has 0 atom stereocenters. The molecule has 0 radical (unpaired) electrons. The van der Waals surface area contributed by atoms with Crippen molar-refractivity contribution in [2.45, 2.75) is 6.92 Å². The molecule has 0 aliphatic rings. The molecule has 5 heteroatoms. The lowest BCUT2D eigenvalue weighted by atomic mass is 10.1. The second-order valence-corrected chi connectivity index (χ2v) is 5.36. The van der Waals surface area contributed by atoms with Crippen molar-refractivity contribution in [3.63, 3.8) is 0 Å². The number of rotatable bonds is 2. The average Bonchev–Trinajstić information content (AvgIpc) is 2.44. The molecule has 0 fully saturated rings. The van der Waals surface area contributed by atoms with Crippen molar-refractivity contribution in [1.29, 1.82) is 0 Å². The molecule has 3 aromatic rings. The lowest BCUT2D eigenvalue weighted by Gasteiger charge is -2.10. The minimum atomic E-state index is 0.660. The smallest absolute Gasteiger partial charge is 0.153 e. The third kappa shape index (κ3) is 2.44. The molecule has 2 N–H and O–H groups in total. The Labute approximate surface area is 124 Å². The number of nitrogens with two attached hydrogens (primary N) is 1. The maximum absolute atomic E-state index is 5.98. The Morgan fingerprint density at radius 1 is 1.10 bits per heavy atom. The van der Waals surface area contributed by atoms with E-state index in [-0.39, 0.29) is 0 Å². The van der Waals surface area contributed by atoms with Crippen molar-refractivity contribution < 1.29 is 4.74 Å². The zero-order valence-electron chi connectivity index (χ0n) is 10.8. The summed E-state index contributed by atoms with van der Waals surface area (Å²) in [5, 5.41) is 0.858. The van der Waals surface area contributed by atoms with Gasteiger partial charge >= 0.3 is 0 Å². The van der Waals surface area contributed by atoms with Crippen LogP contribution in [0.5, 0.6) is 11.5 Å². The fourth-order valence-corrected chi connectivity index (χ4v) is 2.25. The standard InChI is InChI=1S/C15H12BrN3O/c1-9-2-3-11(8-18-9)20-14-5-4-13(17)12-6-10(16)7-19-15(12)14/h2-8H,17H2,1H3. The summed E-state index contributed by atoms with van der Waals surface area (Å²) >= 11 is 3.40. The van der Waals surface area contributed by atoms with Gasteiger partial charge in [0, 0.05) is 27.4 Å². The van der Waals surface area contributed by atoms with Gasteiger partial charge < -0.3 is 10.5 Å². The predicted molar refractivity (Wildman–Crippen MR) is 82.9 cm³/mol. The summed E-state index contributed by atoms with van der Waals surface area (Å²) < 4.78 is 6.73. The quantitative estimate of drug-likeness (QED) is 0.720. The van der Waals surface area contributed by atoms with Crippen LogP contribution in [0.25, 0.3) is 10.9 Å². The summed E-state index contributed by atoms with van der Waals surface area (Å²) in [4.78, 5) is 8.59. The van der Waals surface area contributed by atoms with Crippen LogP contribution in [-0.2, 0) is 0 Å². The largest absolute Gasteiger partial charge is 0.453 e. The van der Waals surface area contributed by atoms with E-state index >= 15 is 0 Å². The van der Waals surface area contributed by atoms with Gasteiger partial charge in [-0.1, -0.05) is 0 Å². The number of hydrogen-bond acceptors (Lipinski definition) is 4. The number of hydrogen-bond donors (Lipinski definition) is 1. The van der Waals surface area contributed by atoms with Crippen molar-refractivity contribution in [2.75, 3.05) is 5.73 Å². The molecule has 0 aliphatic carbocycles. The molecule has 0 saturated heterocycles. The Bertz CT molecular complexity index is 772. The first kappa shape index (κ1) is 12.9. The van der Waals surface area contributed by atoms with Crippen LogP contribution in [0.4, 0.5) is 5.69 Å². The van der Waals surface area contributed by atoms with Crippen molar-refractivity contribution in [3.8, 4) is 11.5 Å². The molecule has 0 amide bonds. The van der Waals surface area contributed by atoms with Gasteiger partial charge in [0.1, 0.15) is 11.3 Å². The summed E-state index contributed by atoms with van der Waals surface area (Å²) in [5.41, 5.74) is 8.32. The highest BCUT2D eigenvalue weighted by Crippen LogP contribution is 2.32. The predicted octanol–water partition coefficient (Wildman–Crippen LogP) is 4.08. The number of nitrogens with zero attached hydrogens (tertiary/aromatic N) is 2. The number of fused-ring (bicyclic) bond motifs is 1. The minimum absolute atomic E-state index is 0.660. The van der Waals surface area contributed by atoms with Crippen LogP contribution in [0.1, 0.15) is 5.69 Å². The number of benzene rings is 1. The van der Waals surface area contributed by atoms with E-state index in [0.717, 1.165) is 21.1 Å². The van der Waals surface area contributed by atoms with Crippen molar-refractivity contribution in [3.05, 3.63) is 52.9 Å². The van der Waals surface area contributed by atoms with Gasteiger partial charge in [-0.05, 0) is 53.2 Å². The number of ether oxygens (including phenoxy) is 1. The Morgan fingerprint density at radius 2 is 1.95 bits per heavy atom. The fourth-order valence-electron chi connectivity index (χ4n) is 1.91.